The van der Waals surface area contributed by atoms with E-state index in [2.05, 4.69) is 5.32 Å². The van der Waals surface area contributed by atoms with Crippen molar-refractivity contribution >= 4 is 21.7 Å². The number of amides is 1. The van der Waals surface area contributed by atoms with Crippen LogP contribution >= 0.6 is 0 Å². The summed E-state index contributed by atoms with van der Waals surface area (Å²) in [5.74, 6) is -3.94. The maximum Gasteiger partial charge on any atom is 0.326 e. The summed E-state index contributed by atoms with van der Waals surface area (Å²) in [4.78, 5) is 23.6. The van der Waals surface area contributed by atoms with E-state index < -0.39 is 45.2 Å². The highest BCUT2D eigenvalue weighted by Crippen LogP contribution is 2.15. The molecule has 0 bridgehead atoms. The molecule has 0 saturated heterocycles. The molecule has 2 N–H and O–H groups in total. The molecule has 2 aromatic rings. The SMILES string of the molecule is CC(CS(=O)(=O)c1ccc(F)cc1)C(=O)N[C@H](Cc1ccccc1)C(=O)O. The summed E-state index contributed by atoms with van der Waals surface area (Å²) < 4.78 is 37.6. The van der Waals surface area contributed by atoms with Crippen LogP contribution in [0, 0.1) is 11.7 Å². The molecule has 27 heavy (non-hydrogen) atoms. The normalized spacial score (nSPS) is 13.6. The second kappa shape index (κ2) is 8.77. The van der Waals surface area contributed by atoms with Gasteiger partial charge in [-0.2, -0.15) is 0 Å². The van der Waals surface area contributed by atoms with E-state index in [1.165, 1.54) is 6.92 Å². The molecule has 0 heterocycles. The van der Waals surface area contributed by atoms with Gasteiger partial charge in [-0.3, -0.25) is 4.79 Å². The monoisotopic (exact) mass is 393 g/mol. The first-order valence-electron chi connectivity index (χ1n) is 8.24. The van der Waals surface area contributed by atoms with Gasteiger partial charge in [0.05, 0.1) is 10.6 Å². The largest absolute Gasteiger partial charge is 0.480 e. The van der Waals surface area contributed by atoms with E-state index >= 15 is 0 Å². The number of carboxylic acids is 1. The van der Waals surface area contributed by atoms with Gasteiger partial charge in [-0.25, -0.2) is 17.6 Å². The Bertz CT molecular complexity index is 897. The number of benzene rings is 2. The summed E-state index contributed by atoms with van der Waals surface area (Å²) in [6.45, 7) is 1.40. The van der Waals surface area contributed by atoms with Crippen molar-refractivity contribution in [2.24, 2.45) is 5.92 Å². The molecular formula is C19H20FNO5S. The molecule has 0 aliphatic carbocycles. The van der Waals surface area contributed by atoms with Crippen molar-refractivity contribution in [3.63, 3.8) is 0 Å². The Morgan fingerprint density at radius 3 is 2.22 bits per heavy atom. The van der Waals surface area contributed by atoms with Gasteiger partial charge in [0.2, 0.25) is 5.91 Å². The molecule has 0 saturated carbocycles. The molecule has 2 atom stereocenters. The molecule has 0 aromatic heterocycles. The first-order valence-corrected chi connectivity index (χ1v) is 9.89. The second-order valence-electron chi connectivity index (χ2n) is 6.23. The molecule has 6 nitrogen and oxygen atoms in total. The minimum Gasteiger partial charge on any atom is -0.480 e. The number of rotatable bonds is 8. The first kappa shape index (κ1) is 20.6. The standard InChI is InChI=1S/C19H20FNO5S/c1-13(12-27(25,26)16-9-7-15(20)8-10-16)18(22)21-17(19(23)24)11-14-5-3-2-4-6-14/h2-10,13,17H,11-12H2,1H3,(H,21,22)(H,23,24)/t13?,17-/m1/s1. The lowest BCUT2D eigenvalue weighted by atomic mass is 10.1. The molecule has 0 fully saturated rings. The summed E-state index contributed by atoms with van der Waals surface area (Å²) in [6.07, 6.45) is 0.0827. The zero-order valence-corrected chi connectivity index (χ0v) is 15.4. The maximum absolute atomic E-state index is 12.9. The van der Waals surface area contributed by atoms with E-state index in [0.717, 1.165) is 29.8 Å². The average molecular weight is 393 g/mol. The smallest absolute Gasteiger partial charge is 0.326 e. The van der Waals surface area contributed by atoms with Crippen molar-refractivity contribution in [2.45, 2.75) is 24.3 Å². The molecule has 2 rings (SSSR count). The lowest BCUT2D eigenvalue weighted by Gasteiger charge is -2.18. The molecule has 0 spiro atoms. The van der Waals surface area contributed by atoms with Crippen LogP contribution in [-0.4, -0.2) is 37.2 Å². The Labute approximate surface area is 157 Å². The van der Waals surface area contributed by atoms with Crippen molar-refractivity contribution in [1.82, 2.24) is 5.32 Å². The van der Waals surface area contributed by atoms with Gasteiger partial charge in [0.25, 0.3) is 0 Å². The Kier molecular flexibility index (Phi) is 6.68. The molecular weight excluding hydrogens is 373 g/mol. The van der Waals surface area contributed by atoms with E-state index in [9.17, 15) is 27.5 Å². The first-order chi connectivity index (χ1) is 12.7. The molecule has 2 aromatic carbocycles. The Morgan fingerprint density at radius 1 is 1.07 bits per heavy atom. The number of halogens is 1. The lowest BCUT2D eigenvalue weighted by Crippen LogP contribution is -2.45. The third kappa shape index (κ3) is 5.89. The number of carbonyl (C=O) groups excluding carboxylic acids is 1. The lowest BCUT2D eigenvalue weighted by molar-refractivity contribution is -0.142. The topological polar surface area (TPSA) is 101 Å². The average Bonchev–Trinajstić information content (AvgIpc) is 2.61. The summed E-state index contributed by atoms with van der Waals surface area (Å²) in [6, 6.07) is 11.9. The molecule has 0 radical (unpaired) electrons. The third-order valence-electron chi connectivity index (χ3n) is 3.99. The van der Waals surface area contributed by atoms with Gasteiger partial charge in [-0.1, -0.05) is 37.3 Å². The van der Waals surface area contributed by atoms with Crippen LogP contribution in [0.4, 0.5) is 4.39 Å². The number of carbonyl (C=O) groups is 2. The van der Waals surface area contributed by atoms with E-state index in [0.29, 0.717) is 0 Å². The van der Waals surface area contributed by atoms with E-state index in [-0.39, 0.29) is 11.3 Å². The number of hydrogen-bond acceptors (Lipinski definition) is 4. The number of hydrogen-bond donors (Lipinski definition) is 2. The van der Waals surface area contributed by atoms with Crippen molar-refractivity contribution in [2.75, 3.05) is 5.75 Å². The van der Waals surface area contributed by atoms with Gasteiger partial charge < -0.3 is 10.4 Å². The summed E-state index contributed by atoms with van der Waals surface area (Å²) >= 11 is 0. The number of nitrogens with one attached hydrogen (secondary N) is 1. The van der Waals surface area contributed by atoms with Gasteiger partial charge >= 0.3 is 5.97 Å². The fourth-order valence-corrected chi connectivity index (χ4v) is 4.06. The van der Waals surface area contributed by atoms with Crippen LogP contribution in [0.2, 0.25) is 0 Å². The van der Waals surface area contributed by atoms with Gasteiger partial charge in [0, 0.05) is 12.3 Å². The molecule has 1 unspecified atom stereocenters. The second-order valence-corrected chi connectivity index (χ2v) is 8.26. The number of sulfone groups is 1. The van der Waals surface area contributed by atoms with Gasteiger partial charge in [0.15, 0.2) is 9.84 Å². The zero-order chi connectivity index (χ0) is 20.0. The molecule has 0 aliphatic rings. The molecule has 1 amide bonds. The van der Waals surface area contributed by atoms with Crippen LogP contribution in [0.5, 0.6) is 0 Å². The van der Waals surface area contributed by atoms with Crippen molar-refractivity contribution < 1.29 is 27.5 Å². The van der Waals surface area contributed by atoms with E-state index in [1.54, 1.807) is 30.3 Å². The van der Waals surface area contributed by atoms with Crippen molar-refractivity contribution in [3.8, 4) is 0 Å². The van der Waals surface area contributed by atoms with Crippen LogP contribution in [0.15, 0.2) is 59.5 Å². The summed E-state index contributed by atoms with van der Waals surface area (Å²) in [7, 11) is -3.81. The minimum atomic E-state index is -3.81. The third-order valence-corrected chi connectivity index (χ3v) is 5.92. The zero-order valence-electron chi connectivity index (χ0n) is 14.6. The summed E-state index contributed by atoms with van der Waals surface area (Å²) in [5.41, 5.74) is 0.733. The molecule has 144 valence electrons. The minimum absolute atomic E-state index is 0.0827. The highest BCUT2D eigenvalue weighted by atomic mass is 32.2. The number of aliphatic carboxylic acids is 1. The van der Waals surface area contributed by atoms with Crippen LogP contribution < -0.4 is 5.32 Å². The van der Waals surface area contributed by atoms with Crippen LogP contribution in [0.3, 0.4) is 0 Å². The van der Waals surface area contributed by atoms with Gasteiger partial charge in [-0.05, 0) is 29.8 Å². The fourth-order valence-electron chi connectivity index (χ4n) is 2.51. The van der Waals surface area contributed by atoms with Gasteiger partial charge in [-0.15, -0.1) is 0 Å². The predicted molar refractivity (Wildman–Crippen MR) is 97.3 cm³/mol. The Balaban J connectivity index is 2.04. The van der Waals surface area contributed by atoms with E-state index in [1.807, 2.05) is 0 Å². The Hall–Kier alpha value is -2.74. The fraction of sp³-hybridized carbons (Fsp3) is 0.263. The van der Waals surface area contributed by atoms with Crippen molar-refractivity contribution in [1.29, 1.82) is 0 Å². The van der Waals surface area contributed by atoms with Gasteiger partial charge in [0.1, 0.15) is 11.9 Å². The predicted octanol–water partition coefficient (Wildman–Crippen LogP) is 2.05. The highest BCUT2D eigenvalue weighted by molar-refractivity contribution is 7.91. The van der Waals surface area contributed by atoms with Crippen molar-refractivity contribution in [3.05, 3.63) is 66.0 Å². The number of carboxylic acid groups (broad SMARTS) is 1. The molecule has 8 heteroatoms. The Morgan fingerprint density at radius 2 is 1.67 bits per heavy atom. The summed E-state index contributed by atoms with van der Waals surface area (Å²) in [5, 5.41) is 11.7. The van der Waals surface area contributed by atoms with Crippen LogP contribution in [-0.2, 0) is 25.8 Å². The quantitative estimate of drug-likeness (QED) is 0.669. The maximum atomic E-state index is 12.9. The van der Waals surface area contributed by atoms with Crippen LogP contribution in [0.1, 0.15) is 12.5 Å². The van der Waals surface area contributed by atoms with Crippen LogP contribution in [0.25, 0.3) is 0 Å². The highest BCUT2D eigenvalue weighted by Gasteiger charge is 2.27. The molecule has 0 aliphatic heterocycles. The van der Waals surface area contributed by atoms with E-state index in [4.69, 9.17) is 0 Å².